The maximum atomic E-state index is 13.2. The Bertz CT molecular complexity index is 1190. The summed E-state index contributed by atoms with van der Waals surface area (Å²) in [5, 5.41) is 18.9. The number of ether oxygens (including phenoxy) is 1. The number of fused-ring (bicyclic) bond motifs is 1. The zero-order valence-corrected chi connectivity index (χ0v) is 20.8. The van der Waals surface area contributed by atoms with E-state index in [1.807, 2.05) is 0 Å². The molecule has 2 aromatic rings. The van der Waals surface area contributed by atoms with E-state index in [1.165, 1.54) is 24.7 Å². The van der Waals surface area contributed by atoms with E-state index in [0.717, 1.165) is 23.4 Å². The Morgan fingerprint density at radius 2 is 2.18 bits per heavy atom. The molecule has 1 fully saturated rings. The van der Waals surface area contributed by atoms with Crippen LogP contribution in [-0.4, -0.2) is 47.4 Å². The molecule has 0 spiro atoms. The highest BCUT2D eigenvalue weighted by atomic mass is 32.3. The Labute approximate surface area is 202 Å². The van der Waals surface area contributed by atoms with Crippen LogP contribution >= 0.6 is 11.3 Å². The Morgan fingerprint density at radius 1 is 1.44 bits per heavy atom. The first-order chi connectivity index (χ1) is 16.0. The van der Waals surface area contributed by atoms with Gasteiger partial charge < -0.3 is 10.1 Å². The number of nitrogens with zero attached hydrogens (tertiary/aromatic N) is 2. The molecule has 1 aliphatic carbocycles. The number of anilines is 1. The number of benzene rings is 1. The number of methoxy groups -OCH3 is 1. The molecular formula is C23H28F2N4O3S2. The Balaban J connectivity index is 1.43. The molecule has 0 unspecified atom stereocenters. The Hall–Kier alpha value is -2.39. The molecule has 1 amide bonds. The molecule has 2 heterocycles. The van der Waals surface area contributed by atoms with Gasteiger partial charge in [0.25, 0.3) is 0 Å². The van der Waals surface area contributed by atoms with Crippen LogP contribution in [0.1, 0.15) is 34.4 Å². The van der Waals surface area contributed by atoms with E-state index >= 15 is 0 Å². The number of rotatable bonds is 7. The van der Waals surface area contributed by atoms with Crippen molar-refractivity contribution in [3.05, 3.63) is 39.8 Å². The van der Waals surface area contributed by atoms with Crippen molar-refractivity contribution in [1.29, 1.82) is 5.26 Å². The number of thiol groups is 1. The fourth-order valence-electron chi connectivity index (χ4n) is 4.64. The second-order valence-corrected chi connectivity index (χ2v) is 12.7. The Morgan fingerprint density at radius 3 is 2.79 bits per heavy atom. The molecule has 11 heteroatoms. The second-order valence-electron chi connectivity index (χ2n) is 9.16. The number of nitrogens with one attached hydrogen (secondary N) is 1. The van der Waals surface area contributed by atoms with Crippen molar-refractivity contribution in [1.82, 2.24) is 4.90 Å². The van der Waals surface area contributed by atoms with E-state index in [4.69, 9.17) is 9.88 Å². The van der Waals surface area contributed by atoms with Gasteiger partial charge >= 0.3 is 0 Å². The zero-order valence-electron chi connectivity index (χ0n) is 19.1. The minimum Gasteiger partial charge on any atom is -0.496 e. The minimum absolute atomic E-state index is 0.0100. The van der Waals surface area contributed by atoms with Crippen molar-refractivity contribution in [2.75, 3.05) is 31.8 Å². The monoisotopic (exact) mass is 510 g/mol. The van der Waals surface area contributed by atoms with Crippen LogP contribution in [0.4, 0.5) is 13.8 Å². The van der Waals surface area contributed by atoms with Crippen molar-refractivity contribution < 1.29 is 22.5 Å². The topological polar surface area (TPSA) is 108 Å². The molecular weight excluding hydrogens is 482 g/mol. The van der Waals surface area contributed by atoms with Crippen LogP contribution in [0.3, 0.4) is 0 Å². The van der Waals surface area contributed by atoms with E-state index in [2.05, 4.69) is 16.3 Å². The SMILES string of the molecule is COc1cc(CC(=O)Nc2sc3c(c2C#N)CN(CC2CC(F)(F)C2)CC3)ccc1[SH](C)(N)=O. The normalized spacial score (nSPS) is 18.5. The number of hydrogen-bond acceptors (Lipinski definition) is 6. The van der Waals surface area contributed by atoms with Gasteiger partial charge in [-0.2, -0.15) is 5.26 Å². The molecule has 1 saturated carbocycles. The van der Waals surface area contributed by atoms with Crippen molar-refractivity contribution in [3.63, 3.8) is 0 Å². The van der Waals surface area contributed by atoms with Gasteiger partial charge in [0.2, 0.25) is 11.8 Å². The summed E-state index contributed by atoms with van der Waals surface area (Å²) in [5.74, 6) is -2.46. The molecule has 0 bridgehead atoms. The molecule has 0 radical (unpaired) electrons. The lowest BCUT2D eigenvalue weighted by Gasteiger charge is -2.39. The van der Waals surface area contributed by atoms with Crippen molar-refractivity contribution >= 4 is 32.4 Å². The average Bonchev–Trinajstić information content (AvgIpc) is 3.07. The van der Waals surface area contributed by atoms with Crippen molar-refractivity contribution in [2.45, 2.75) is 43.0 Å². The van der Waals surface area contributed by atoms with Gasteiger partial charge in [0.15, 0.2) is 0 Å². The lowest BCUT2D eigenvalue weighted by atomic mass is 9.81. The first kappa shape index (κ1) is 24.7. The number of nitriles is 1. The highest BCUT2D eigenvalue weighted by Gasteiger charge is 2.45. The first-order valence-corrected chi connectivity index (χ1v) is 14.0. The smallest absolute Gasteiger partial charge is 0.248 e. The number of thiophene rings is 1. The third-order valence-corrected chi connectivity index (χ3v) is 8.80. The highest BCUT2D eigenvalue weighted by Crippen LogP contribution is 2.44. The molecule has 34 heavy (non-hydrogen) atoms. The Kier molecular flexibility index (Phi) is 6.79. The van der Waals surface area contributed by atoms with Crippen LogP contribution in [0.15, 0.2) is 23.1 Å². The molecule has 0 saturated heterocycles. The summed E-state index contributed by atoms with van der Waals surface area (Å²) < 4.78 is 43.9. The van der Waals surface area contributed by atoms with Gasteiger partial charge in [0.05, 0.1) is 24.0 Å². The van der Waals surface area contributed by atoms with E-state index in [-0.39, 0.29) is 31.1 Å². The number of amides is 1. The number of nitrogens with two attached hydrogens (primary N) is 1. The molecule has 2 aliphatic rings. The molecule has 1 aromatic heterocycles. The van der Waals surface area contributed by atoms with Gasteiger partial charge in [-0.15, -0.1) is 11.3 Å². The summed E-state index contributed by atoms with van der Waals surface area (Å²) in [4.78, 5) is 16.3. The van der Waals surface area contributed by atoms with Gasteiger partial charge in [0.1, 0.15) is 16.8 Å². The second kappa shape index (κ2) is 9.34. The van der Waals surface area contributed by atoms with Crippen LogP contribution in [0.25, 0.3) is 0 Å². The summed E-state index contributed by atoms with van der Waals surface area (Å²) in [6, 6.07) is 7.16. The van der Waals surface area contributed by atoms with Gasteiger partial charge in [-0.1, -0.05) is 6.07 Å². The minimum atomic E-state index is -3.02. The number of carbonyl (C=O) groups is 1. The average molecular weight is 511 g/mol. The fraction of sp³-hybridized carbons (Fsp3) is 0.478. The zero-order chi connectivity index (χ0) is 24.7. The molecule has 3 N–H and O–H groups in total. The molecule has 0 atom stereocenters. The summed E-state index contributed by atoms with van der Waals surface area (Å²) in [7, 11) is -1.56. The van der Waals surface area contributed by atoms with E-state index in [1.54, 1.807) is 18.2 Å². The lowest BCUT2D eigenvalue weighted by molar-refractivity contribution is -0.117. The first-order valence-electron chi connectivity index (χ1n) is 11.0. The summed E-state index contributed by atoms with van der Waals surface area (Å²) in [6.45, 7) is 1.88. The van der Waals surface area contributed by atoms with Crippen LogP contribution < -0.4 is 15.2 Å². The molecule has 184 valence electrons. The summed E-state index contributed by atoms with van der Waals surface area (Å²) in [6.07, 6.45) is 2.08. The van der Waals surface area contributed by atoms with Gasteiger partial charge in [0, 0.05) is 49.2 Å². The van der Waals surface area contributed by atoms with E-state index in [0.29, 0.717) is 39.9 Å². The van der Waals surface area contributed by atoms with Crippen molar-refractivity contribution in [2.24, 2.45) is 11.1 Å². The van der Waals surface area contributed by atoms with E-state index in [9.17, 15) is 23.0 Å². The standard InChI is InChI=1S/C23H28F2N4O3S2/c1-32-18-7-14(3-4-20(18)34(2,27)31)8-21(30)28-22-16(11-26)17-13-29(6-5-19(17)33-22)12-15-9-23(24,25)10-15/h3-4,7,15,34H,5-6,8-10,12-13H2,1-2H3,(H2,27,31)(H,28,30). The predicted molar refractivity (Wildman–Crippen MR) is 129 cm³/mol. The van der Waals surface area contributed by atoms with Crippen LogP contribution in [0.2, 0.25) is 0 Å². The van der Waals surface area contributed by atoms with E-state index < -0.39 is 16.0 Å². The number of alkyl halides is 2. The molecule has 7 nitrogen and oxygen atoms in total. The molecule has 1 aliphatic heterocycles. The van der Waals surface area contributed by atoms with Gasteiger partial charge in [-0.25, -0.2) is 8.78 Å². The summed E-state index contributed by atoms with van der Waals surface area (Å²) >= 11 is 1.40. The largest absolute Gasteiger partial charge is 0.496 e. The molecule has 1 aromatic carbocycles. The number of carbonyl (C=O) groups excluding carboxylic acids is 1. The van der Waals surface area contributed by atoms with Crippen LogP contribution in [0.5, 0.6) is 5.75 Å². The highest BCUT2D eigenvalue weighted by molar-refractivity contribution is 8.00. The van der Waals surface area contributed by atoms with Crippen LogP contribution in [0, 0.1) is 17.2 Å². The fourth-order valence-corrected chi connectivity index (χ4v) is 6.77. The third kappa shape index (κ3) is 5.30. The lowest BCUT2D eigenvalue weighted by Crippen LogP contribution is -2.43. The summed E-state index contributed by atoms with van der Waals surface area (Å²) in [5.41, 5.74) is 1.99. The van der Waals surface area contributed by atoms with Crippen molar-refractivity contribution in [3.8, 4) is 11.8 Å². The quantitative estimate of drug-likeness (QED) is 0.496. The third-order valence-electron chi connectivity index (χ3n) is 6.27. The van der Waals surface area contributed by atoms with Gasteiger partial charge in [-0.05, 0) is 40.2 Å². The number of halogens is 2. The number of hydrogen-bond donors (Lipinski definition) is 3. The van der Waals surface area contributed by atoms with Crippen LogP contribution in [-0.2, 0) is 34.3 Å². The maximum absolute atomic E-state index is 13.2. The molecule has 4 rings (SSSR count). The van der Waals surface area contributed by atoms with Gasteiger partial charge in [-0.3, -0.25) is 19.0 Å². The predicted octanol–water partition coefficient (Wildman–Crippen LogP) is 3.09. The maximum Gasteiger partial charge on any atom is 0.248 e.